The molecule has 136 valence electrons. The zero-order chi connectivity index (χ0) is 18.2. The maximum Gasteiger partial charge on any atom is 0.234 e. The Kier molecular flexibility index (Phi) is 3.90. The Hall–Kier alpha value is -3.13. The summed E-state index contributed by atoms with van der Waals surface area (Å²) in [5.41, 5.74) is 1.16. The molecule has 8 heteroatoms. The minimum atomic E-state index is -0.342. The fourth-order valence-corrected chi connectivity index (χ4v) is 3.88. The third kappa shape index (κ3) is 2.97. The summed E-state index contributed by atoms with van der Waals surface area (Å²) in [5, 5.41) is 14.2. The summed E-state index contributed by atoms with van der Waals surface area (Å²) in [5.74, 6) is 2.94. The Morgan fingerprint density at radius 3 is 2.74 bits per heavy atom. The zero-order valence-corrected chi connectivity index (χ0v) is 15.3. The zero-order valence-electron chi connectivity index (χ0n) is 14.5. The molecule has 4 aromatic rings. The first-order chi connectivity index (χ1) is 13.3. The lowest BCUT2D eigenvalue weighted by Crippen LogP contribution is -2.23. The summed E-state index contributed by atoms with van der Waals surface area (Å²) in [6, 6.07) is 15.6. The van der Waals surface area contributed by atoms with E-state index in [2.05, 4.69) is 15.3 Å². The fraction of sp³-hybridized carbons (Fsp3) is 0.211. The van der Waals surface area contributed by atoms with Crippen LogP contribution in [0.2, 0.25) is 0 Å². The molecule has 0 amide bonds. The van der Waals surface area contributed by atoms with Gasteiger partial charge in [0, 0.05) is 6.42 Å². The van der Waals surface area contributed by atoms with Crippen molar-refractivity contribution in [3.05, 3.63) is 64.9 Å². The van der Waals surface area contributed by atoms with E-state index in [1.165, 1.54) is 11.3 Å². The van der Waals surface area contributed by atoms with Gasteiger partial charge in [-0.2, -0.15) is 9.61 Å². The normalized spacial score (nSPS) is 15.8. The van der Waals surface area contributed by atoms with E-state index < -0.39 is 0 Å². The van der Waals surface area contributed by atoms with Gasteiger partial charge in [-0.15, -0.1) is 10.2 Å². The van der Waals surface area contributed by atoms with Gasteiger partial charge in [0.25, 0.3) is 0 Å². The quantitative estimate of drug-likeness (QED) is 0.541. The number of nitrogens with zero attached hydrogens (tertiary/aromatic N) is 4. The SMILES string of the molecule is COc1ccc(Cc2nn3c([C@@H]4COc5ccccc5O4)nnc3s2)cc1. The number of aromatic nitrogens is 4. The second kappa shape index (κ2) is 6.55. The fourth-order valence-electron chi connectivity index (χ4n) is 3.01. The highest BCUT2D eigenvalue weighted by atomic mass is 32.1. The van der Waals surface area contributed by atoms with Crippen LogP contribution < -0.4 is 14.2 Å². The van der Waals surface area contributed by atoms with E-state index in [9.17, 15) is 0 Å². The molecule has 0 bridgehead atoms. The summed E-state index contributed by atoms with van der Waals surface area (Å²) in [4.78, 5) is 0.746. The number of hydrogen-bond donors (Lipinski definition) is 0. The number of fused-ring (bicyclic) bond motifs is 2. The van der Waals surface area contributed by atoms with E-state index in [0.717, 1.165) is 33.5 Å². The van der Waals surface area contributed by atoms with E-state index in [4.69, 9.17) is 14.2 Å². The number of methoxy groups -OCH3 is 1. The molecule has 2 aromatic carbocycles. The molecule has 1 atom stereocenters. The Labute approximate surface area is 159 Å². The minimum Gasteiger partial charge on any atom is -0.497 e. The van der Waals surface area contributed by atoms with Gasteiger partial charge in [-0.3, -0.25) is 0 Å². The Balaban J connectivity index is 1.40. The first-order valence-electron chi connectivity index (χ1n) is 8.52. The molecule has 2 aromatic heterocycles. The van der Waals surface area contributed by atoms with Crippen LogP contribution in [0, 0.1) is 0 Å². The molecule has 0 radical (unpaired) electrons. The standard InChI is InChI=1S/C19H16N4O3S/c1-24-13-8-6-12(7-9-13)10-17-22-23-18(20-21-19(23)27-17)16-11-25-14-4-2-3-5-15(14)26-16/h2-9,16H,10-11H2,1H3/t16-/m0/s1. The third-order valence-corrected chi connectivity index (χ3v) is 5.27. The predicted molar refractivity (Wildman–Crippen MR) is 99.8 cm³/mol. The van der Waals surface area contributed by atoms with Gasteiger partial charge in [0.2, 0.25) is 4.96 Å². The third-order valence-electron chi connectivity index (χ3n) is 4.37. The topological polar surface area (TPSA) is 70.8 Å². The summed E-state index contributed by atoms with van der Waals surface area (Å²) >= 11 is 1.52. The maximum atomic E-state index is 6.04. The molecule has 0 aliphatic carbocycles. The van der Waals surface area contributed by atoms with Gasteiger partial charge >= 0.3 is 0 Å². The van der Waals surface area contributed by atoms with Crippen LogP contribution in [0.15, 0.2) is 48.5 Å². The van der Waals surface area contributed by atoms with E-state index >= 15 is 0 Å². The lowest BCUT2D eigenvalue weighted by molar-refractivity contribution is 0.0836. The number of hydrogen-bond acceptors (Lipinski definition) is 7. The van der Waals surface area contributed by atoms with Crippen molar-refractivity contribution in [2.45, 2.75) is 12.5 Å². The van der Waals surface area contributed by atoms with Gasteiger partial charge in [-0.25, -0.2) is 0 Å². The summed E-state index contributed by atoms with van der Waals surface area (Å²) in [7, 11) is 1.66. The van der Waals surface area contributed by atoms with Crippen molar-refractivity contribution in [2.24, 2.45) is 0 Å². The number of benzene rings is 2. The molecule has 0 saturated heterocycles. The second-order valence-electron chi connectivity index (χ2n) is 6.14. The molecule has 27 heavy (non-hydrogen) atoms. The molecule has 0 fully saturated rings. The largest absolute Gasteiger partial charge is 0.497 e. The van der Waals surface area contributed by atoms with Crippen LogP contribution in [-0.2, 0) is 6.42 Å². The van der Waals surface area contributed by atoms with Crippen molar-refractivity contribution in [1.29, 1.82) is 0 Å². The van der Waals surface area contributed by atoms with Gasteiger partial charge in [0.15, 0.2) is 23.4 Å². The molecular weight excluding hydrogens is 364 g/mol. The van der Waals surface area contributed by atoms with Crippen molar-refractivity contribution in [2.75, 3.05) is 13.7 Å². The lowest BCUT2D eigenvalue weighted by atomic mass is 10.1. The molecular formula is C19H16N4O3S. The smallest absolute Gasteiger partial charge is 0.234 e. The summed E-state index contributed by atoms with van der Waals surface area (Å²) in [6.07, 6.45) is 0.383. The van der Waals surface area contributed by atoms with Crippen molar-refractivity contribution in [3.8, 4) is 17.2 Å². The Morgan fingerprint density at radius 1 is 1.11 bits per heavy atom. The predicted octanol–water partition coefficient (Wildman–Crippen LogP) is 3.30. The van der Waals surface area contributed by atoms with E-state index in [-0.39, 0.29) is 6.10 Å². The molecule has 0 spiro atoms. The first-order valence-corrected chi connectivity index (χ1v) is 9.34. The Bertz CT molecular complexity index is 1090. The van der Waals surface area contributed by atoms with E-state index in [1.54, 1.807) is 11.6 Å². The van der Waals surface area contributed by atoms with Crippen LogP contribution in [0.1, 0.15) is 22.5 Å². The molecule has 0 unspecified atom stereocenters. The average molecular weight is 380 g/mol. The molecule has 0 saturated carbocycles. The molecule has 0 N–H and O–H groups in total. The molecule has 7 nitrogen and oxygen atoms in total. The first kappa shape index (κ1) is 16.1. The van der Waals surface area contributed by atoms with E-state index in [0.29, 0.717) is 18.2 Å². The van der Waals surface area contributed by atoms with E-state index in [1.807, 2.05) is 48.5 Å². The van der Waals surface area contributed by atoms with Gasteiger partial charge in [-0.05, 0) is 29.8 Å². The van der Waals surface area contributed by atoms with Crippen LogP contribution in [0.4, 0.5) is 0 Å². The highest BCUT2D eigenvalue weighted by Crippen LogP contribution is 2.35. The lowest BCUT2D eigenvalue weighted by Gasteiger charge is -2.24. The highest BCUT2D eigenvalue weighted by molar-refractivity contribution is 7.16. The summed E-state index contributed by atoms with van der Waals surface area (Å²) < 4.78 is 18.8. The molecule has 1 aliphatic heterocycles. The van der Waals surface area contributed by atoms with Crippen LogP contribution in [0.25, 0.3) is 4.96 Å². The number of para-hydroxylation sites is 2. The summed E-state index contributed by atoms with van der Waals surface area (Å²) in [6.45, 7) is 0.378. The van der Waals surface area contributed by atoms with Gasteiger partial charge < -0.3 is 14.2 Å². The maximum absolute atomic E-state index is 6.04. The number of ether oxygens (including phenoxy) is 3. The average Bonchev–Trinajstić information content (AvgIpc) is 3.28. The van der Waals surface area contributed by atoms with Gasteiger partial charge in [0.1, 0.15) is 17.4 Å². The van der Waals surface area contributed by atoms with Crippen LogP contribution in [0.3, 0.4) is 0 Å². The highest BCUT2D eigenvalue weighted by Gasteiger charge is 2.28. The monoisotopic (exact) mass is 380 g/mol. The van der Waals surface area contributed by atoms with Crippen molar-refractivity contribution < 1.29 is 14.2 Å². The second-order valence-corrected chi connectivity index (χ2v) is 7.18. The van der Waals surface area contributed by atoms with Crippen molar-refractivity contribution in [3.63, 3.8) is 0 Å². The Morgan fingerprint density at radius 2 is 1.93 bits per heavy atom. The van der Waals surface area contributed by atoms with Gasteiger partial charge in [0.05, 0.1) is 7.11 Å². The van der Waals surface area contributed by atoms with Crippen LogP contribution in [0.5, 0.6) is 17.2 Å². The van der Waals surface area contributed by atoms with Crippen LogP contribution >= 0.6 is 11.3 Å². The minimum absolute atomic E-state index is 0.342. The number of rotatable bonds is 4. The molecule has 5 rings (SSSR count). The van der Waals surface area contributed by atoms with Gasteiger partial charge in [-0.1, -0.05) is 35.6 Å². The van der Waals surface area contributed by atoms with Crippen molar-refractivity contribution >= 4 is 16.3 Å². The molecule has 3 heterocycles. The van der Waals surface area contributed by atoms with Crippen LogP contribution in [-0.4, -0.2) is 33.5 Å². The van der Waals surface area contributed by atoms with Crippen molar-refractivity contribution in [1.82, 2.24) is 19.8 Å². The molecule has 1 aliphatic rings.